The number of hydrogen-bond donors (Lipinski definition) is 1. The van der Waals surface area contributed by atoms with Crippen LogP contribution in [0.4, 0.5) is 0 Å². The number of H-pyrrole nitrogens is 1. The van der Waals surface area contributed by atoms with E-state index >= 15 is 0 Å². The van der Waals surface area contributed by atoms with Gasteiger partial charge in [0, 0.05) is 11.5 Å². The quantitative estimate of drug-likeness (QED) is 0.686. The van der Waals surface area contributed by atoms with Crippen molar-refractivity contribution in [3.63, 3.8) is 0 Å². The van der Waals surface area contributed by atoms with Crippen molar-refractivity contribution in [3.8, 4) is 11.8 Å². The Bertz CT molecular complexity index is 925. The van der Waals surface area contributed by atoms with Crippen molar-refractivity contribution < 1.29 is 0 Å². The number of hydrogen-bond acceptors (Lipinski definition) is 3. The molecule has 0 saturated carbocycles. The number of nitrogens with zero attached hydrogens (tertiary/aromatic N) is 4. The first-order valence-corrected chi connectivity index (χ1v) is 7.07. The second kappa shape index (κ2) is 4.58. The van der Waals surface area contributed by atoms with Crippen molar-refractivity contribution in [3.05, 3.63) is 38.7 Å². The maximum absolute atomic E-state index is 9.33. The Morgan fingerprint density at radius 1 is 1.45 bits per heavy atom. The van der Waals surface area contributed by atoms with Crippen molar-refractivity contribution in [2.24, 2.45) is 7.05 Å². The van der Waals surface area contributed by atoms with Crippen molar-refractivity contribution in [2.75, 3.05) is 0 Å². The zero-order valence-corrected chi connectivity index (χ0v) is 13.2. The van der Waals surface area contributed by atoms with Crippen LogP contribution in [0.25, 0.3) is 16.9 Å². The molecule has 2 aromatic heterocycles. The molecular formula is C13H10BrN5S. The van der Waals surface area contributed by atoms with E-state index in [1.165, 1.54) is 0 Å². The van der Waals surface area contributed by atoms with Crippen LogP contribution in [0.15, 0.2) is 22.7 Å². The lowest BCUT2D eigenvalue weighted by molar-refractivity contribution is 0.759. The van der Waals surface area contributed by atoms with Gasteiger partial charge in [0.1, 0.15) is 11.6 Å². The summed E-state index contributed by atoms with van der Waals surface area (Å²) in [5.74, 6) is 0. The first-order chi connectivity index (χ1) is 9.52. The SMILES string of the molecule is Cc1nn(C)c2c1[nH]c(=S)n2-c1ccc(Br)cc1C#N. The maximum atomic E-state index is 9.33. The highest BCUT2D eigenvalue weighted by Crippen LogP contribution is 2.25. The van der Waals surface area contributed by atoms with Gasteiger partial charge in [-0.3, -0.25) is 4.57 Å². The zero-order chi connectivity index (χ0) is 14.4. The van der Waals surface area contributed by atoms with Crippen molar-refractivity contribution in [1.82, 2.24) is 19.3 Å². The number of imidazole rings is 1. The third-order valence-corrected chi connectivity index (χ3v) is 3.94. The molecule has 100 valence electrons. The molecule has 1 N–H and O–H groups in total. The number of aryl methyl sites for hydroxylation is 2. The topological polar surface area (TPSA) is 62.3 Å². The summed E-state index contributed by atoms with van der Waals surface area (Å²) in [6, 6.07) is 7.74. The number of halogens is 1. The standard InChI is InChI=1S/C13H10BrN5S/c1-7-11-12(18(2)17-7)19(13(20)16-11)10-4-3-9(14)5-8(10)6-15/h3-5H,1-2H3,(H,16,20). The predicted octanol–water partition coefficient (Wildman–Crippen LogP) is 3.36. The van der Waals surface area contributed by atoms with E-state index in [1.54, 1.807) is 10.7 Å². The Hall–Kier alpha value is -1.91. The van der Waals surface area contributed by atoms with E-state index in [1.807, 2.05) is 30.7 Å². The van der Waals surface area contributed by atoms with Gasteiger partial charge < -0.3 is 4.98 Å². The van der Waals surface area contributed by atoms with Gasteiger partial charge in [0.15, 0.2) is 10.4 Å². The molecule has 0 amide bonds. The molecule has 2 heterocycles. The molecule has 0 unspecified atom stereocenters. The molecule has 0 bridgehead atoms. The predicted molar refractivity (Wildman–Crippen MR) is 82.4 cm³/mol. The van der Waals surface area contributed by atoms with Gasteiger partial charge in [0.2, 0.25) is 0 Å². The van der Waals surface area contributed by atoms with E-state index in [-0.39, 0.29) is 0 Å². The maximum Gasteiger partial charge on any atom is 0.184 e. The summed E-state index contributed by atoms with van der Waals surface area (Å²) in [5, 5.41) is 13.7. The normalized spacial score (nSPS) is 10.9. The number of fused-ring (bicyclic) bond motifs is 1. The summed E-state index contributed by atoms with van der Waals surface area (Å²) in [7, 11) is 1.86. The van der Waals surface area contributed by atoms with Gasteiger partial charge in [-0.2, -0.15) is 10.4 Å². The first-order valence-electron chi connectivity index (χ1n) is 5.87. The minimum absolute atomic E-state index is 0.551. The largest absolute Gasteiger partial charge is 0.327 e. The molecule has 0 aliphatic heterocycles. The number of rotatable bonds is 1. The van der Waals surface area contributed by atoms with E-state index in [9.17, 15) is 5.26 Å². The summed E-state index contributed by atoms with van der Waals surface area (Å²) in [5.41, 5.74) is 3.92. The summed E-state index contributed by atoms with van der Waals surface area (Å²) in [6.45, 7) is 1.92. The third-order valence-electron chi connectivity index (χ3n) is 3.16. The van der Waals surface area contributed by atoms with Gasteiger partial charge in [-0.25, -0.2) is 4.68 Å². The highest BCUT2D eigenvalue weighted by molar-refractivity contribution is 9.10. The highest BCUT2D eigenvalue weighted by Gasteiger charge is 2.16. The first kappa shape index (κ1) is 13.1. The molecule has 3 aromatic rings. The van der Waals surface area contributed by atoms with Gasteiger partial charge in [-0.15, -0.1) is 0 Å². The lowest BCUT2D eigenvalue weighted by atomic mass is 10.2. The summed E-state index contributed by atoms with van der Waals surface area (Å²) in [4.78, 5) is 3.15. The third kappa shape index (κ3) is 1.80. The van der Waals surface area contributed by atoms with Gasteiger partial charge in [0.05, 0.1) is 16.9 Å². The Morgan fingerprint density at radius 3 is 2.90 bits per heavy atom. The number of aromatic amines is 1. The monoisotopic (exact) mass is 347 g/mol. The zero-order valence-electron chi connectivity index (χ0n) is 10.8. The fourth-order valence-corrected chi connectivity index (χ4v) is 2.97. The van der Waals surface area contributed by atoms with Gasteiger partial charge in [-0.05, 0) is 37.3 Å². The summed E-state index contributed by atoms with van der Waals surface area (Å²) < 4.78 is 5.02. The van der Waals surface area contributed by atoms with Crippen LogP contribution in [0.1, 0.15) is 11.3 Å². The summed E-state index contributed by atoms with van der Waals surface area (Å²) in [6.07, 6.45) is 0. The van der Waals surface area contributed by atoms with Gasteiger partial charge in [-0.1, -0.05) is 15.9 Å². The molecular weight excluding hydrogens is 338 g/mol. The van der Waals surface area contributed by atoms with Crippen LogP contribution >= 0.6 is 28.1 Å². The van der Waals surface area contributed by atoms with Crippen LogP contribution in [0, 0.1) is 23.0 Å². The van der Waals surface area contributed by atoms with Crippen molar-refractivity contribution >= 4 is 39.3 Å². The Balaban J connectivity index is 2.44. The van der Waals surface area contributed by atoms with Crippen LogP contribution in [-0.4, -0.2) is 19.3 Å². The number of aromatic nitrogens is 4. The van der Waals surface area contributed by atoms with E-state index in [4.69, 9.17) is 12.2 Å². The average Bonchev–Trinajstić information content (AvgIpc) is 2.88. The smallest absolute Gasteiger partial charge is 0.184 e. The van der Waals surface area contributed by atoms with Gasteiger partial charge in [0.25, 0.3) is 0 Å². The summed E-state index contributed by atoms with van der Waals surface area (Å²) >= 11 is 8.77. The molecule has 0 fully saturated rings. The average molecular weight is 348 g/mol. The molecule has 0 saturated heterocycles. The molecule has 0 atom stereocenters. The van der Waals surface area contributed by atoms with E-state index in [0.717, 1.165) is 27.0 Å². The molecule has 7 heteroatoms. The van der Waals surface area contributed by atoms with Gasteiger partial charge >= 0.3 is 0 Å². The Labute approximate surface area is 128 Å². The van der Waals surface area contributed by atoms with E-state index in [2.05, 4.69) is 32.1 Å². The van der Waals surface area contributed by atoms with Crippen LogP contribution in [0.3, 0.4) is 0 Å². The fraction of sp³-hybridized carbons (Fsp3) is 0.154. The highest BCUT2D eigenvalue weighted by atomic mass is 79.9. The molecule has 0 radical (unpaired) electrons. The van der Waals surface area contributed by atoms with Crippen LogP contribution in [0.5, 0.6) is 0 Å². The number of nitriles is 1. The lowest BCUT2D eigenvalue weighted by Gasteiger charge is -2.07. The molecule has 0 aliphatic carbocycles. The fourth-order valence-electron chi connectivity index (χ4n) is 2.32. The molecule has 5 nitrogen and oxygen atoms in total. The molecule has 20 heavy (non-hydrogen) atoms. The number of nitrogens with one attached hydrogen (secondary N) is 1. The molecule has 0 aliphatic rings. The van der Waals surface area contributed by atoms with E-state index in [0.29, 0.717) is 10.3 Å². The minimum Gasteiger partial charge on any atom is -0.327 e. The van der Waals surface area contributed by atoms with E-state index < -0.39 is 0 Å². The Kier molecular flexibility index (Phi) is 3.00. The lowest BCUT2D eigenvalue weighted by Crippen LogP contribution is -2.02. The Morgan fingerprint density at radius 2 is 2.20 bits per heavy atom. The molecule has 1 aromatic carbocycles. The molecule has 0 spiro atoms. The number of benzene rings is 1. The molecule has 3 rings (SSSR count). The second-order valence-corrected chi connectivity index (χ2v) is 5.75. The minimum atomic E-state index is 0.551. The van der Waals surface area contributed by atoms with Crippen molar-refractivity contribution in [2.45, 2.75) is 6.92 Å². The van der Waals surface area contributed by atoms with Crippen LogP contribution in [-0.2, 0) is 7.05 Å². The van der Waals surface area contributed by atoms with Crippen LogP contribution < -0.4 is 0 Å². The van der Waals surface area contributed by atoms with Crippen molar-refractivity contribution in [1.29, 1.82) is 5.26 Å². The second-order valence-electron chi connectivity index (χ2n) is 4.45. The van der Waals surface area contributed by atoms with Crippen LogP contribution in [0.2, 0.25) is 0 Å².